The molecule has 3 amide bonds. The molecule has 0 saturated carbocycles. The van der Waals surface area contributed by atoms with E-state index in [1.54, 1.807) is 11.3 Å². The molecule has 0 spiro atoms. The Labute approximate surface area is 212 Å². The second-order valence-corrected chi connectivity index (χ2v) is 10.4. The Kier molecular flexibility index (Phi) is 10.5. The fraction of sp³-hybridized carbons (Fsp3) is 0.615. The number of ether oxygens (including phenoxy) is 1. The summed E-state index contributed by atoms with van der Waals surface area (Å²) < 4.78 is 5.48. The highest BCUT2D eigenvalue weighted by atomic mass is 32.1. The van der Waals surface area contributed by atoms with Crippen molar-refractivity contribution in [3.8, 4) is 0 Å². The number of aromatic nitrogens is 1. The fourth-order valence-electron chi connectivity index (χ4n) is 4.49. The van der Waals surface area contributed by atoms with Crippen LogP contribution in [0.4, 0.5) is 0 Å². The lowest BCUT2D eigenvalue weighted by atomic mass is 9.91. The van der Waals surface area contributed by atoms with E-state index >= 15 is 0 Å². The van der Waals surface area contributed by atoms with Crippen LogP contribution in [0.5, 0.6) is 0 Å². The largest absolute Gasteiger partial charge is 0.381 e. The lowest BCUT2D eigenvalue weighted by Crippen LogP contribution is -2.55. The number of hydrogen-bond acceptors (Lipinski definition) is 6. The van der Waals surface area contributed by atoms with E-state index < -0.39 is 6.04 Å². The van der Waals surface area contributed by atoms with Crippen LogP contribution in [0.2, 0.25) is 0 Å². The van der Waals surface area contributed by atoms with Gasteiger partial charge in [-0.25, -0.2) is 4.98 Å². The molecule has 3 rings (SSSR count). The molecule has 2 heterocycles. The minimum atomic E-state index is -0.731. The highest BCUT2D eigenvalue weighted by molar-refractivity contribution is 7.11. The zero-order valence-electron chi connectivity index (χ0n) is 20.8. The fourth-order valence-corrected chi connectivity index (χ4v) is 5.68. The Morgan fingerprint density at radius 1 is 1.26 bits per heavy atom. The van der Waals surface area contributed by atoms with Gasteiger partial charge in [0.2, 0.25) is 17.7 Å². The summed E-state index contributed by atoms with van der Waals surface area (Å²) >= 11 is 1.63. The molecule has 1 aromatic rings. The van der Waals surface area contributed by atoms with Crippen LogP contribution in [0.3, 0.4) is 0 Å². The molecule has 3 atom stereocenters. The van der Waals surface area contributed by atoms with Gasteiger partial charge in [-0.1, -0.05) is 26.5 Å². The Morgan fingerprint density at radius 2 is 2.03 bits per heavy atom. The van der Waals surface area contributed by atoms with Crippen molar-refractivity contribution in [2.24, 2.45) is 11.8 Å². The molecule has 3 N–H and O–H groups in total. The van der Waals surface area contributed by atoms with E-state index in [0.717, 1.165) is 36.4 Å². The van der Waals surface area contributed by atoms with Crippen molar-refractivity contribution in [1.29, 1.82) is 0 Å². The number of thiazole rings is 1. The summed E-state index contributed by atoms with van der Waals surface area (Å²) in [6.45, 7) is 9.16. The lowest BCUT2D eigenvalue weighted by Gasteiger charge is -2.32. The van der Waals surface area contributed by atoms with Gasteiger partial charge in [-0.3, -0.25) is 14.4 Å². The van der Waals surface area contributed by atoms with E-state index in [-0.39, 0.29) is 29.7 Å². The third kappa shape index (κ3) is 8.00. The van der Waals surface area contributed by atoms with E-state index in [4.69, 9.17) is 9.72 Å². The van der Waals surface area contributed by atoms with Crippen LogP contribution in [-0.2, 0) is 32.0 Å². The summed E-state index contributed by atoms with van der Waals surface area (Å²) in [5.41, 5.74) is 0.973. The predicted molar refractivity (Wildman–Crippen MR) is 138 cm³/mol. The number of carbonyl (C=O) groups excluding carboxylic acids is 3. The maximum Gasteiger partial charge on any atom is 0.243 e. The van der Waals surface area contributed by atoms with E-state index in [2.05, 4.69) is 41.6 Å². The van der Waals surface area contributed by atoms with Gasteiger partial charge in [0.15, 0.2) is 0 Å². The summed E-state index contributed by atoms with van der Waals surface area (Å²) in [6, 6.07) is -0.997. The van der Waals surface area contributed by atoms with Crippen molar-refractivity contribution in [1.82, 2.24) is 20.9 Å². The molecule has 8 nitrogen and oxygen atoms in total. The third-order valence-corrected chi connectivity index (χ3v) is 7.74. The third-order valence-electron chi connectivity index (χ3n) is 6.62. The average Bonchev–Trinajstić information content (AvgIpc) is 3.27. The lowest BCUT2D eigenvalue weighted by molar-refractivity contribution is -0.130. The molecule has 1 aliphatic heterocycles. The molecular formula is C26H38N4O4S. The molecule has 2 unspecified atom stereocenters. The molecule has 1 saturated heterocycles. The van der Waals surface area contributed by atoms with Crippen LogP contribution in [0.1, 0.15) is 61.5 Å². The van der Waals surface area contributed by atoms with Crippen LogP contribution >= 0.6 is 11.3 Å². The van der Waals surface area contributed by atoms with Gasteiger partial charge in [-0.15, -0.1) is 11.3 Å². The first-order chi connectivity index (χ1) is 16.9. The van der Waals surface area contributed by atoms with Gasteiger partial charge < -0.3 is 20.7 Å². The number of amides is 3. The van der Waals surface area contributed by atoms with E-state index in [0.29, 0.717) is 44.9 Å². The van der Waals surface area contributed by atoms with Crippen molar-refractivity contribution < 1.29 is 19.1 Å². The molecule has 2 aliphatic rings. The Morgan fingerprint density at radius 3 is 2.71 bits per heavy atom. The Hall–Kier alpha value is -2.52. The predicted octanol–water partition coefficient (Wildman–Crippen LogP) is 2.78. The normalized spacial score (nSPS) is 19.3. The molecule has 0 bridgehead atoms. The van der Waals surface area contributed by atoms with Crippen LogP contribution in [-0.4, -0.2) is 54.5 Å². The number of hydrogen-bond donors (Lipinski definition) is 3. The Balaban J connectivity index is 1.74. The van der Waals surface area contributed by atoms with Gasteiger partial charge in [0.25, 0.3) is 0 Å². The van der Waals surface area contributed by atoms with Gasteiger partial charge in [0.1, 0.15) is 6.04 Å². The first kappa shape index (κ1) is 27.1. The minimum Gasteiger partial charge on any atom is -0.381 e. The number of carbonyl (C=O) groups is 3. The van der Waals surface area contributed by atoms with Crippen LogP contribution in [0, 0.1) is 11.8 Å². The van der Waals surface area contributed by atoms with Crippen LogP contribution in [0.15, 0.2) is 18.7 Å². The first-order valence-corrected chi connectivity index (χ1v) is 13.5. The quantitative estimate of drug-likeness (QED) is 0.381. The highest BCUT2D eigenvalue weighted by Gasteiger charge is 2.30. The van der Waals surface area contributed by atoms with Crippen molar-refractivity contribution in [3.63, 3.8) is 0 Å². The van der Waals surface area contributed by atoms with Gasteiger partial charge in [-0.2, -0.15) is 0 Å². The van der Waals surface area contributed by atoms with Crippen molar-refractivity contribution in [3.05, 3.63) is 34.3 Å². The van der Waals surface area contributed by atoms with Crippen molar-refractivity contribution >= 4 is 35.1 Å². The Bertz CT molecular complexity index is 922. The van der Waals surface area contributed by atoms with E-state index in [1.807, 2.05) is 6.92 Å². The number of rotatable bonds is 12. The van der Waals surface area contributed by atoms with Gasteiger partial charge in [0, 0.05) is 43.5 Å². The smallest absolute Gasteiger partial charge is 0.243 e. The number of allylic oxidation sites excluding steroid dienone is 1. The standard InChI is InChI=1S/C26H38N4O4S/c1-4-7-24(32)28-20(15-25-29-19-9-8-17(5-2)14-22(19)35-25)26(33)30-21(16-27-23(31)6-3)18-10-12-34-13-11-18/h6,8-9,17-18,20-21H,3-5,7,10-16H2,1-2H3,(H,27,31)(H,28,32)(H,30,33)/t17?,20-,21?/m0/s1. The summed E-state index contributed by atoms with van der Waals surface area (Å²) in [7, 11) is 0. The van der Waals surface area contributed by atoms with Crippen LogP contribution < -0.4 is 16.0 Å². The maximum atomic E-state index is 13.5. The molecule has 9 heteroatoms. The average molecular weight is 503 g/mol. The number of fused-ring (bicyclic) bond motifs is 1. The van der Waals surface area contributed by atoms with Crippen molar-refractivity contribution in [2.75, 3.05) is 19.8 Å². The first-order valence-electron chi connectivity index (χ1n) is 12.7. The summed E-state index contributed by atoms with van der Waals surface area (Å²) in [6.07, 6.45) is 10.5. The second-order valence-electron chi connectivity index (χ2n) is 9.24. The zero-order chi connectivity index (χ0) is 25.2. The zero-order valence-corrected chi connectivity index (χ0v) is 21.6. The number of nitrogens with zero attached hydrogens (tertiary/aromatic N) is 1. The van der Waals surface area contributed by atoms with Gasteiger partial charge in [0.05, 0.1) is 10.7 Å². The molecule has 1 fully saturated rings. The molecule has 1 aliphatic carbocycles. The summed E-state index contributed by atoms with van der Waals surface area (Å²) in [4.78, 5) is 43.7. The SMILES string of the molecule is C=CC(=O)NCC(NC(=O)[C@H](Cc1nc2c(s1)CC(CC)C=C2)NC(=O)CCC)C1CCOCC1. The van der Waals surface area contributed by atoms with E-state index in [9.17, 15) is 14.4 Å². The van der Waals surface area contributed by atoms with Gasteiger partial charge in [-0.05, 0) is 56.1 Å². The molecule has 0 aromatic carbocycles. The molecule has 192 valence electrons. The monoisotopic (exact) mass is 502 g/mol. The number of nitrogens with one attached hydrogen (secondary N) is 3. The topological polar surface area (TPSA) is 109 Å². The van der Waals surface area contributed by atoms with Crippen LogP contribution in [0.25, 0.3) is 6.08 Å². The minimum absolute atomic E-state index is 0.150. The molecule has 0 radical (unpaired) electrons. The van der Waals surface area contributed by atoms with Gasteiger partial charge >= 0.3 is 0 Å². The maximum absolute atomic E-state index is 13.5. The molecule has 35 heavy (non-hydrogen) atoms. The van der Waals surface area contributed by atoms with E-state index in [1.165, 1.54) is 11.0 Å². The highest BCUT2D eigenvalue weighted by Crippen LogP contribution is 2.30. The summed E-state index contributed by atoms with van der Waals surface area (Å²) in [5, 5.41) is 9.69. The second kappa shape index (κ2) is 13.5. The van der Waals surface area contributed by atoms with Crippen molar-refractivity contribution in [2.45, 2.75) is 70.9 Å². The molecular weight excluding hydrogens is 464 g/mol. The summed E-state index contributed by atoms with van der Waals surface area (Å²) in [5.74, 6) is 0.00519. The molecule has 1 aromatic heterocycles.